The summed E-state index contributed by atoms with van der Waals surface area (Å²) >= 11 is 0. The van der Waals surface area contributed by atoms with Gasteiger partial charge in [0.15, 0.2) is 0 Å². The topological polar surface area (TPSA) is 52.6 Å². The summed E-state index contributed by atoms with van der Waals surface area (Å²) in [7, 11) is 2.08. The molecule has 1 aliphatic heterocycles. The first kappa shape index (κ1) is 20.1. The van der Waals surface area contributed by atoms with E-state index in [1.54, 1.807) is 6.07 Å². The Morgan fingerprint density at radius 3 is 2.39 bits per heavy atom. The van der Waals surface area contributed by atoms with Crippen molar-refractivity contribution >= 4 is 17.5 Å². The second-order valence-electron chi connectivity index (χ2n) is 8.47. The summed E-state index contributed by atoms with van der Waals surface area (Å²) < 4.78 is 0. The molecule has 0 radical (unpaired) electrons. The van der Waals surface area contributed by atoms with Crippen LogP contribution in [-0.2, 0) is 4.79 Å². The fraction of sp³-hybridized carbons (Fsp3) is 0.391. The van der Waals surface area contributed by atoms with E-state index in [2.05, 4.69) is 29.4 Å². The lowest BCUT2D eigenvalue weighted by atomic mass is 9.95. The monoisotopic (exact) mass is 379 g/mol. The molecule has 0 aliphatic carbocycles. The van der Waals surface area contributed by atoms with E-state index in [9.17, 15) is 9.59 Å². The lowest BCUT2D eigenvalue weighted by Gasteiger charge is -2.40. The van der Waals surface area contributed by atoms with E-state index in [1.165, 1.54) is 0 Å². The molecule has 1 aliphatic rings. The van der Waals surface area contributed by atoms with E-state index in [-0.39, 0.29) is 17.9 Å². The number of carbonyl (C=O) groups is 2. The highest BCUT2D eigenvalue weighted by molar-refractivity contribution is 5.98. The fourth-order valence-electron chi connectivity index (χ4n) is 3.34. The van der Waals surface area contributed by atoms with Crippen molar-refractivity contribution in [2.45, 2.75) is 26.8 Å². The van der Waals surface area contributed by atoms with Crippen molar-refractivity contribution in [1.29, 1.82) is 0 Å². The van der Waals surface area contributed by atoms with Gasteiger partial charge in [0, 0.05) is 36.3 Å². The molecule has 0 aromatic heterocycles. The lowest BCUT2D eigenvalue weighted by molar-refractivity contribution is -0.123. The van der Waals surface area contributed by atoms with Crippen LogP contribution in [-0.4, -0.2) is 48.3 Å². The molecule has 3 rings (SSSR count). The van der Waals surface area contributed by atoms with Crippen molar-refractivity contribution < 1.29 is 9.59 Å². The van der Waals surface area contributed by atoms with Crippen molar-refractivity contribution in [1.82, 2.24) is 9.80 Å². The Hall–Kier alpha value is -2.66. The van der Waals surface area contributed by atoms with Crippen molar-refractivity contribution in [3.05, 3.63) is 65.7 Å². The Morgan fingerprint density at radius 1 is 1.00 bits per heavy atom. The summed E-state index contributed by atoms with van der Waals surface area (Å²) in [5.41, 5.74) is 1.89. The first-order valence-corrected chi connectivity index (χ1v) is 9.71. The lowest BCUT2D eigenvalue weighted by Crippen LogP contribution is -2.49. The normalized spacial score (nSPS) is 18.0. The number of likely N-dealkylation sites (N-methyl/N-ethyl adjacent to an activating group) is 1. The number of nitrogens with zero attached hydrogens (tertiary/aromatic N) is 2. The van der Waals surface area contributed by atoms with Gasteiger partial charge < -0.3 is 15.1 Å². The number of nitrogens with one attached hydrogen (secondary N) is 1. The molecule has 1 atom stereocenters. The van der Waals surface area contributed by atoms with E-state index >= 15 is 0 Å². The Morgan fingerprint density at radius 2 is 1.71 bits per heavy atom. The predicted octanol–water partition coefficient (Wildman–Crippen LogP) is 3.80. The molecule has 28 heavy (non-hydrogen) atoms. The summed E-state index contributed by atoms with van der Waals surface area (Å²) in [4.78, 5) is 29.8. The first-order chi connectivity index (χ1) is 13.3. The van der Waals surface area contributed by atoms with Crippen molar-refractivity contribution in [3.63, 3.8) is 0 Å². The highest BCUT2D eigenvalue weighted by Crippen LogP contribution is 2.27. The van der Waals surface area contributed by atoms with Crippen LogP contribution in [0.5, 0.6) is 0 Å². The third-order valence-corrected chi connectivity index (χ3v) is 5.08. The summed E-state index contributed by atoms with van der Waals surface area (Å²) in [5.74, 6) is -0.0762. The SMILES string of the molecule is CN1CCN(C(=O)c2cccc(NC(=O)C(C)(C)C)c2)[C@H](c2ccccc2)C1. The number of carbonyl (C=O) groups excluding carboxylic acids is 2. The van der Waals surface area contributed by atoms with Gasteiger partial charge in [-0.3, -0.25) is 9.59 Å². The molecule has 1 heterocycles. The van der Waals surface area contributed by atoms with Gasteiger partial charge in [-0.05, 0) is 30.8 Å². The van der Waals surface area contributed by atoms with E-state index < -0.39 is 5.41 Å². The van der Waals surface area contributed by atoms with E-state index in [0.717, 1.165) is 18.7 Å². The molecule has 0 saturated carbocycles. The minimum Gasteiger partial charge on any atom is -0.329 e. The summed E-state index contributed by atoms with van der Waals surface area (Å²) in [6.07, 6.45) is 0. The Labute approximate surface area is 167 Å². The molecular formula is C23H29N3O2. The average Bonchev–Trinajstić information content (AvgIpc) is 2.67. The third-order valence-electron chi connectivity index (χ3n) is 5.08. The Bertz CT molecular complexity index is 842. The minimum absolute atomic E-state index is 0.00573. The quantitative estimate of drug-likeness (QED) is 0.883. The van der Waals surface area contributed by atoms with Crippen molar-refractivity contribution in [2.24, 2.45) is 5.41 Å². The second kappa shape index (κ2) is 8.15. The Kier molecular flexibility index (Phi) is 5.84. The van der Waals surface area contributed by atoms with Crippen LogP contribution in [0.4, 0.5) is 5.69 Å². The highest BCUT2D eigenvalue weighted by atomic mass is 16.2. The molecule has 5 heteroatoms. The molecule has 2 aromatic rings. The number of piperazine rings is 1. The number of amides is 2. The van der Waals surface area contributed by atoms with Crippen LogP contribution in [0, 0.1) is 5.41 Å². The highest BCUT2D eigenvalue weighted by Gasteiger charge is 2.31. The third kappa shape index (κ3) is 4.60. The van der Waals surface area contributed by atoms with Gasteiger partial charge in [0.2, 0.25) is 5.91 Å². The van der Waals surface area contributed by atoms with Crippen LogP contribution in [0.2, 0.25) is 0 Å². The fourth-order valence-corrected chi connectivity index (χ4v) is 3.34. The molecule has 0 spiro atoms. The largest absolute Gasteiger partial charge is 0.329 e. The molecule has 1 N–H and O–H groups in total. The van der Waals surface area contributed by atoms with E-state index in [4.69, 9.17) is 0 Å². The zero-order valence-electron chi connectivity index (χ0n) is 17.1. The molecule has 0 bridgehead atoms. The second-order valence-corrected chi connectivity index (χ2v) is 8.47. The van der Waals surface area contributed by atoms with Gasteiger partial charge in [-0.2, -0.15) is 0 Å². The zero-order chi connectivity index (χ0) is 20.3. The summed E-state index contributed by atoms with van der Waals surface area (Å²) in [6, 6.07) is 17.4. The molecule has 148 valence electrons. The van der Waals surface area contributed by atoms with Gasteiger partial charge in [-0.25, -0.2) is 0 Å². The molecule has 1 fully saturated rings. The van der Waals surface area contributed by atoms with Crippen molar-refractivity contribution in [3.8, 4) is 0 Å². The van der Waals surface area contributed by atoms with Crippen LogP contribution in [0.3, 0.4) is 0 Å². The minimum atomic E-state index is -0.490. The number of hydrogen-bond acceptors (Lipinski definition) is 3. The van der Waals surface area contributed by atoms with Gasteiger partial charge in [0.05, 0.1) is 6.04 Å². The number of anilines is 1. The van der Waals surface area contributed by atoms with Crippen LogP contribution in [0.15, 0.2) is 54.6 Å². The van der Waals surface area contributed by atoms with E-state index in [0.29, 0.717) is 17.8 Å². The zero-order valence-corrected chi connectivity index (χ0v) is 17.1. The molecule has 2 aromatic carbocycles. The number of hydrogen-bond donors (Lipinski definition) is 1. The first-order valence-electron chi connectivity index (χ1n) is 9.71. The summed E-state index contributed by atoms with van der Waals surface area (Å²) in [5, 5.41) is 2.91. The maximum atomic E-state index is 13.3. The molecule has 5 nitrogen and oxygen atoms in total. The average molecular weight is 380 g/mol. The maximum absolute atomic E-state index is 13.3. The molecule has 0 unspecified atom stereocenters. The maximum Gasteiger partial charge on any atom is 0.254 e. The number of rotatable bonds is 3. The smallest absolute Gasteiger partial charge is 0.254 e. The molecule has 2 amide bonds. The van der Waals surface area contributed by atoms with Crippen LogP contribution < -0.4 is 5.32 Å². The van der Waals surface area contributed by atoms with Crippen LogP contribution in [0.25, 0.3) is 0 Å². The van der Waals surface area contributed by atoms with Crippen molar-refractivity contribution in [2.75, 3.05) is 32.0 Å². The van der Waals surface area contributed by atoms with Gasteiger partial charge in [0.25, 0.3) is 5.91 Å². The molecular weight excluding hydrogens is 350 g/mol. The number of benzene rings is 2. The Balaban J connectivity index is 1.84. The van der Waals surface area contributed by atoms with Gasteiger partial charge in [0.1, 0.15) is 0 Å². The van der Waals surface area contributed by atoms with Gasteiger partial charge in [-0.1, -0.05) is 57.2 Å². The van der Waals surface area contributed by atoms with Gasteiger partial charge in [-0.15, -0.1) is 0 Å². The van der Waals surface area contributed by atoms with E-state index in [1.807, 2.05) is 62.1 Å². The predicted molar refractivity (Wildman–Crippen MR) is 112 cm³/mol. The summed E-state index contributed by atoms with van der Waals surface area (Å²) in [6.45, 7) is 7.92. The van der Waals surface area contributed by atoms with Crippen LogP contribution in [0.1, 0.15) is 42.7 Å². The van der Waals surface area contributed by atoms with Gasteiger partial charge >= 0.3 is 0 Å². The molecule has 1 saturated heterocycles. The standard InChI is InChI=1S/C23H29N3O2/c1-23(2,3)22(28)24-19-12-8-11-18(15-19)21(27)26-14-13-25(4)16-20(26)17-9-6-5-7-10-17/h5-12,15,20H,13-14,16H2,1-4H3,(H,24,28)/t20-/m0/s1. The van der Waals surface area contributed by atoms with Crippen LogP contribution >= 0.6 is 0 Å².